The number of sulfonamides is 1. The van der Waals surface area contributed by atoms with Crippen LogP contribution in [0.5, 0.6) is 0 Å². The number of rotatable bonds is 6. The lowest BCUT2D eigenvalue weighted by molar-refractivity contribution is -0.130. The van der Waals surface area contributed by atoms with Crippen molar-refractivity contribution in [2.75, 3.05) is 51.6 Å². The molecular formula is C27H34N4O3S. The minimum atomic E-state index is -3.29. The van der Waals surface area contributed by atoms with Gasteiger partial charge in [0, 0.05) is 69.8 Å². The maximum atomic E-state index is 13.0. The number of carbonyl (C=O) groups is 1. The minimum absolute atomic E-state index is 0.0895. The predicted octanol–water partition coefficient (Wildman–Crippen LogP) is 3.51. The van der Waals surface area contributed by atoms with Crippen LogP contribution in [0.3, 0.4) is 0 Å². The minimum Gasteiger partial charge on any atom is -0.361 e. The molecule has 0 unspecified atom stereocenters. The summed E-state index contributed by atoms with van der Waals surface area (Å²) in [4.78, 5) is 18.9. The molecule has 35 heavy (non-hydrogen) atoms. The second-order valence-electron chi connectivity index (χ2n) is 9.71. The average Bonchev–Trinajstić information content (AvgIpc) is 3.32. The zero-order valence-electron chi connectivity index (χ0n) is 20.3. The average molecular weight is 495 g/mol. The quantitative estimate of drug-likeness (QED) is 0.569. The van der Waals surface area contributed by atoms with Crippen LogP contribution in [0.4, 0.5) is 0 Å². The maximum absolute atomic E-state index is 13.0. The molecule has 0 spiro atoms. The van der Waals surface area contributed by atoms with Crippen molar-refractivity contribution in [3.8, 4) is 11.1 Å². The summed E-state index contributed by atoms with van der Waals surface area (Å²) in [6.45, 7) is 6.08. The fourth-order valence-electron chi connectivity index (χ4n) is 5.40. The molecule has 2 aromatic carbocycles. The Kier molecular flexibility index (Phi) is 6.95. The van der Waals surface area contributed by atoms with Gasteiger partial charge in [0.15, 0.2) is 0 Å². The summed E-state index contributed by atoms with van der Waals surface area (Å²) in [6, 6.07) is 16.9. The number of benzene rings is 2. The molecule has 0 radical (unpaired) electrons. The lowest BCUT2D eigenvalue weighted by Crippen LogP contribution is -2.50. The largest absolute Gasteiger partial charge is 0.361 e. The van der Waals surface area contributed by atoms with Crippen LogP contribution in [0, 0.1) is 0 Å². The summed E-state index contributed by atoms with van der Waals surface area (Å²) < 4.78 is 27.8. The molecule has 186 valence electrons. The summed E-state index contributed by atoms with van der Waals surface area (Å²) in [5.74, 6) is 0.582. The number of nitrogens with one attached hydrogen (secondary N) is 1. The number of hydrogen-bond acceptors (Lipinski definition) is 4. The first-order valence-electron chi connectivity index (χ1n) is 12.5. The van der Waals surface area contributed by atoms with Crippen LogP contribution in [0.2, 0.25) is 0 Å². The fraction of sp³-hybridized carbons (Fsp3) is 0.444. The Bertz CT molecular complexity index is 1270. The van der Waals surface area contributed by atoms with E-state index in [1.54, 1.807) is 11.2 Å². The van der Waals surface area contributed by atoms with Gasteiger partial charge in [0.05, 0.1) is 5.75 Å². The van der Waals surface area contributed by atoms with Gasteiger partial charge in [-0.15, -0.1) is 0 Å². The molecule has 0 saturated carbocycles. The van der Waals surface area contributed by atoms with Crippen LogP contribution in [0.15, 0.2) is 54.7 Å². The van der Waals surface area contributed by atoms with Crippen molar-refractivity contribution in [3.05, 3.63) is 60.3 Å². The zero-order valence-corrected chi connectivity index (χ0v) is 21.1. The number of aromatic amines is 1. The lowest BCUT2D eigenvalue weighted by Gasteiger charge is -2.35. The van der Waals surface area contributed by atoms with Crippen molar-refractivity contribution < 1.29 is 13.2 Å². The summed E-state index contributed by atoms with van der Waals surface area (Å²) in [5, 5.41) is 1.23. The topological polar surface area (TPSA) is 76.7 Å². The molecule has 2 aliphatic rings. The standard InChI is InChI=1S/C27H34N4O3S/c1-21(32)30-15-13-29(14-16-30)17-18-35(33,34)31-11-9-23(10-12-31)26-20-28-27-8-7-24(19-25(26)27)22-5-3-2-4-6-22/h2-8,19-20,23,28H,9-18H2,1H3. The molecule has 3 heterocycles. The molecule has 7 nitrogen and oxygen atoms in total. The van der Waals surface area contributed by atoms with Crippen molar-refractivity contribution in [3.63, 3.8) is 0 Å². The van der Waals surface area contributed by atoms with Gasteiger partial charge in [-0.1, -0.05) is 36.4 Å². The van der Waals surface area contributed by atoms with Crippen molar-refractivity contribution in [1.82, 2.24) is 19.1 Å². The van der Waals surface area contributed by atoms with E-state index in [1.165, 1.54) is 22.1 Å². The summed E-state index contributed by atoms with van der Waals surface area (Å²) in [6.07, 6.45) is 3.77. The van der Waals surface area contributed by atoms with Gasteiger partial charge in [-0.2, -0.15) is 0 Å². The highest BCUT2D eigenvalue weighted by Gasteiger charge is 2.30. The summed E-state index contributed by atoms with van der Waals surface area (Å²) in [7, 11) is -3.29. The molecule has 2 fully saturated rings. The molecule has 2 saturated heterocycles. The first kappa shape index (κ1) is 24.0. The van der Waals surface area contributed by atoms with E-state index in [2.05, 4.69) is 58.5 Å². The molecule has 1 aromatic heterocycles. The highest BCUT2D eigenvalue weighted by Crippen LogP contribution is 2.35. The van der Waals surface area contributed by atoms with Crippen LogP contribution in [-0.4, -0.2) is 85.0 Å². The lowest BCUT2D eigenvalue weighted by atomic mass is 9.89. The summed E-state index contributed by atoms with van der Waals surface area (Å²) >= 11 is 0. The molecule has 0 atom stereocenters. The Hall–Kier alpha value is -2.68. The first-order valence-corrected chi connectivity index (χ1v) is 14.1. The van der Waals surface area contributed by atoms with Crippen molar-refractivity contribution in [2.24, 2.45) is 0 Å². The SMILES string of the molecule is CC(=O)N1CCN(CCS(=O)(=O)N2CCC(c3c[nH]c4ccc(-c5ccccc5)cc34)CC2)CC1. The number of carbonyl (C=O) groups excluding carboxylic acids is 1. The monoisotopic (exact) mass is 494 g/mol. The summed E-state index contributed by atoms with van der Waals surface area (Å²) in [5.41, 5.74) is 4.81. The predicted molar refractivity (Wildman–Crippen MR) is 140 cm³/mol. The molecule has 8 heteroatoms. The number of nitrogens with zero attached hydrogens (tertiary/aromatic N) is 3. The van der Waals surface area contributed by atoms with E-state index < -0.39 is 10.0 Å². The highest BCUT2D eigenvalue weighted by molar-refractivity contribution is 7.89. The van der Waals surface area contributed by atoms with Crippen LogP contribution in [0.25, 0.3) is 22.0 Å². The number of aromatic nitrogens is 1. The second kappa shape index (κ2) is 10.1. The van der Waals surface area contributed by atoms with E-state index in [-0.39, 0.29) is 11.7 Å². The second-order valence-corrected chi connectivity index (χ2v) is 11.8. The highest BCUT2D eigenvalue weighted by atomic mass is 32.2. The van der Waals surface area contributed by atoms with E-state index in [1.807, 2.05) is 11.0 Å². The molecule has 1 amide bonds. The van der Waals surface area contributed by atoms with E-state index in [0.717, 1.165) is 31.4 Å². The van der Waals surface area contributed by atoms with Gasteiger partial charge in [0.2, 0.25) is 15.9 Å². The van der Waals surface area contributed by atoms with Gasteiger partial charge < -0.3 is 9.88 Å². The van der Waals surface area contributed by atoms with Gasteiger partial charge in [0.1, 0.15) is 0 Å². The third-order valence-electron chi connectivity index (χ3n) is 7.59. The molecule has 3 aromatic rings. The molecule has 0 bridgehead atoms. The number of H-pyrrole nitrogens is 1. The Morgan fingerprint density at radius 2 is 1.66 bits per heavy atom. The van der Waals surface area contributed by atoms with Crippen LogP contribution >= 0.6 is 0 Å². The Balaban J connectivity index is 1.20. The van der Waals surface area contributed by atoms with E-state index in [0.29, 0.717) is 38.6 Å². The number of fused-ring (bicyclic) bond motifs is 1. The van der Waals surface area contributed by atoms with Crippen molar-refractivity contribution in [2.45, 2.75) is 25.7 Å². The molecular weight excluding hydrogens is 460 g/mol. The van der Waals surface area contributed by atoms with E-state index >= 15 is 0 Å². The number of amides is 1. The van der Waals surface area contributed by atoms with Gasteiger partial charge in [-0.25, -0.2) is 12.7 Å². The van der Waals surface area contributed by atoms with Gasteiger partial charge >= 0.3 is 0 Å². The van der Waals surface area contributed by atoms with E-state index in [4.69, 9.17) is 0 Å². The first-order chi connectivity index (χ1) is 16.9. The number of piperidine rings is 1. The van der Waals surface area contributed by atoms with Gasteiger partial charge in [0.25, 0.3) is 0 Å². The molecule has 2 aliphatic heterocycles. The molecule has 0 aliphatic carbocycles. The Morgan fingerprint density at radius 3 is 2.34 bits per heavy atom. The van der Waals surface area contributed by atoms with Crippen molar-refractivity contribution >= 4 is 26.8 Å². The van der Waals surface area contributed by atoms with Crippen LogP contribution in [-0.2, 0) is 14.8 Å². The van der Waals surface area contributed by atoms with Gasteiger partial charge in [-0.05, 0) is 47.6 Å². The number of piperazine rings is 1. The van der Waals surface area contributed by atoms with Crippen LogP contribution in [0.1, 0.15) is 31.2 Å². The van der Waals surface area contributed by atoms with Gasteiger partial charge in [-0.3, -0.25) is 9.69 Å². The third-order valence-corrected chi connectivity index (χ3v) is 9.44. The molecule has 5 rings (SSSR count). The fourth-order valence-corrected chi connectivity index (χ4v) is 6.91. The normalized spacial score (nSPS) is 18.8. The third kappa shape index (κ3) is 5.29. The number of hydrogen-bond donors (Lipinski definition) is 1. The molecule has 1 N–H and O–H groups in total. The Morgan fingerprint density at radius 1 is 0.943 bits per heavy atom. The van der Waals surface area contributed by atoms with Crippen molar-refractivity contribution in [1.29, 1.82) is 0 Å². The smallest absolute Gasteiger partial charge is 0.219 e. The Labute approximate surface area is 207 Å². The van der Waals surface area contributed by atoms with Crippen LogP contribution < -0.4 is 0 Å². The zero-order chi connectivity index (χ0) is 24.4. The van der Waals surface area contributed by atoms with E-state index in [9.17, 15) is 13.2 Å². The maximum Gasteiger partial charge on any atom is 0.219 e.